The largest absolute Gasteiger partial charge is 1.00 e. The van der Waals surface area contributed by atoms with Gasteiger partial charge in [-0.1, -0.05) is 0 Å². The molecule has 3 saturated heterocycles. The van der Waals surface area contributed by atoms with Crippen molar-refractivity contribution in [1.82, 2.24) is 0 Å². The Morgan fingerprint density at radius 1 is 1.08 bits per heavy atom. The van der Waals surface area contributed by atoms with Crippen molar-refractivity contribution in [1.29, 1.82) is 0 Å². The summed E-state index contributed by atoms with van der Waals surface area (Å²) >= 11 is 0. The van der Waals surface area contributed by atoms with Gasteiger partial charge in [0.05, 0.1) is 26.2 Å². The molecule has 0 spiro atoms. The van der Waals surface area contributed by atoms with Gasteiger partial charge in [0.15, 0.2) is 0 Å². The third-order valence-electron chi connectivity index (χ3n) is 3.94. The van der Waals surface area contributed by atoms with Gasteiger partial charge in [0.25, 0.3) is 0 Å². The summed E-state index contributed by atoms with van der Waals surface area (Å²) in [5.41, 5.74) is 0. The van der Waals surface area contributed by atoms with E-state index >= 15 is 0 Å². The molecule has 0 saturated carbocycles. The van der Waals surface area contributed by atoms with Crippen LogP contribution in [0.25, 0.3) is 0 Å². The lowest BCUT2D eigenvalue weighted by Crippen LogP contribution is -3.00. The third-order valence-corrected chi connectivity index (χ3v) is 3.94. The average Bonchev–Trinajstić information content (AvgIpc) is 2.37. The van der Waals surface area contributed by atoms with E-state index in [9.17, 15) is 0 Å². The molecule has 0 atom stereocenters. The highest BCUT2D eigenvalue weighted by Gasteiger charge is 2.35. The van der Waals surface area contributed by atoms with Gasteiger partial charge in [-0.25, -0.2) is 0 Å². The number of quaternary nitrogens is 1. The van der Waals surface area contributed by atoms with Gasteiger partial charge in [-0.05, 0) is 38.5 Å². The molecule has 0 unspecified atom stereocenters. The van der Waals surface area contributed by atoms with Gasteiger partial charge in [-0.15, -0.1) is 0 Å². The van der Waals surface area contributed by atoms with Crippen LogP contribution in [0.5, 0.6) is 0 Å². The van der Waals surface area contributed by atoms with Gasteiger partial charge in [0.2, 0.25) is 0 Å². The summed E-state index contributed by atoms with van der Waals surface area (Å²) in [5, 5.41) is 0. The van der Waals surface area contributed by atoms with Gasteiger partial charge in [0.1, 0.15) is 0 Å². The maximum absolute atomic E-state index is 2.37. The van der Waals surface area contributed by atoms with E-state index in [-0.39, 0.29) is 12.4 Å². The van der Waals surface area contributed by atoms with E-state index < -0.39 is 0 Å². The highest BCUT2D eigenvalue weighted by Crippen LogP contribution is 2.31. The van der Waals surface area contributed by atoms with E-state index in [1.165, 1.54) is 56.3 Å². The molecule has 1 nitrogen and oxygen atoms in total. The zero-order chi connectivity index (χ0) is 7.73. The monoisotopic (exact) mass is 189 g/mol. The number of halogens is 1. The predicted octanol–water partition coefficient (Wildman–Crippen LogP) is -0.969. The van der Waals surface area contributed by atoms with Crippen LogP contribution in [0.4, 0.5) is 0 Å². The first-order valence-corrected chi connectivity index (χ1v) is 5.20. The fourth-order valence-electron chi connectivity index (χ4n) is 2.87. The number of hydrogen-bond donors (Lipinski definition) is 0. The molecule has 0 aromatic carbocycles. The van der Waals surface area contributed by atoms with Crippen LogP contribution in [0.2, 0.25) is 0 Å². The lowest BCUT2D eigenvalue weighted by molar-refractivity contribution is -0.929. The van der Waals surface area contributed by atoms with Gasteiger partial charge in [-0.2, -0.15) is 0 Å². The number of fused-ring (bicyclic) bond motifs is 4. The minimum absolute atomic E-state index is 0. The quantitative estimate of drug-likeness (QED) is 0.466. The molecular formula is C10H20ClN. The molecule has 3 heterocycles. The van der Waals surface area contributed by atoms with Crippen molar-refractivity contribution in [3.63, 3.8) is 0 Å². The summed E-state index contributed by atoms with van der Waals surface area (Å²) in [6.45, 7) is 8.20. The van der Waals surface area contributed by atoms with E-state index in [4.69, 9.17) is 0 Å². The Bertz CT molecular complexity index is 133. The fourth-order valence-corrected chi connectivity index (χ4v) is 2.87. The third kappa shape index (κ3) is 1.77. The van der Waals surface area contributed by atoms with Crippen molar-refractivity contribution in [3.8, 4) is 0 Å². The first kappa shape index (κ1) is 10.3. The van der Waals surface area contributed by atoms with Crippen LogP contribution >= 0.6 is 0 Å². The molecule has 0 aliphatic carbocycles. The lowest BCUT2D eigenvalue weighted by atomic mass is 9.94. The van der Waals surface area contributed by atoms with E-state index in [0.29, 0.717) is 0 Å². The van der Waals surface area contributed by atoms with Crippen LogP contribution in [0.1, 0.15) is 32.6 Å². The number of rotatable bonds is 1. The molecule has 3 aliphatic heterocycles. The van der Waals surface area contributed by atoms with Crippen molar-refractivity contribution < 1.29 is 16.9 Å². The number of nitrogens with zero attached hydrogens (tertiary/aromatic N) is 1. The number of piperidine rings is 1. The van der Waals surface area contributed by atoms with Crippen molar-refractivity contribution in [2.24, 2.45) is 5.92 Å². The maximum atomic E-state index is 2.37. The minimum atomic E-state index is 0. The van der Waals surface area contributed by atoms with Crippen LogP contribution in [-0.4, -0.2) is 30.7 Å². The van der Waals surface area contributed by atoms with Gasteiger partial charge in [0, 0.05) is 0 Å². The number of hydrogen-bond acceptors (Lipinski definition) is 0. The molecule has 72 valence electrons. The summed E-state index contributed by atoms with van der Waals surface area (Å²) in [6.07, 6.45) is 6.07. The normalized spacial score (nSPS) is 40.2. The average molecular weight is 190 g/mol. The van der Waals surface area contributed by atoms with Crippen LogP contribution in [0, 0.1) is 5.92 Å². The van der Waals surface area contributed by atoms with Gasteiger partial charge < -0.3 is 16.9 Å². The van der Waals surface area contributed by atoms with E-state index in [1.807, 2.05) is 0 Å². The summed E-state index contributed by atoms with van der Waals surface area (Å²) in [6, 6.07) is 0. The molecule has 3 fully saturated rings. The zero-order valence-electron chi connectivity index (χ0n) is 8.06. The van der Waals surface area contributed by atoms with Crippen LogP contribution < -0.4 is 12.4 Å². The van der Waals surface area contributed by atoms with E-state index in [2.05, 4.69) is 6.92 Å². The summed E-state index contributed by atoms with van der Waals surface area (Å²) in [4.78, 5) is 0. The van der Waals surface area contributed by atoms with Crippen LogP contribution in [-0.2, 0) is 0 Å². The van der Waals surface area contributed by atoms with Gasteiger partial charge >= 0.3 is 0 Å². The summed E-state index contributed by atoms with van der Waals surface area (Å²) < 4.78 is 1.45. The predicted molar refractivity (Wildman–Crippen MR) is 47.4 cm³/mol. The Morgan fingerprint density at radius 3 is 2.33 bits per heavy atom. The molecule has 2 heteroatoms. The molecule has 2 bridgehead atoms. The Morgan fingerprint density at radius 2 is 1.75 bits per heavy atom. The van der Waals surface area contributed by atoms with Crippen LogP contribution in [0.3, 0.4) is 0 Å². The maximum Gasteiger partial charge on any atom is 0.0789 e. The standard InChI is InChI=1S/C10H20N.ClH/c1-2-11-7-3-4-10(5-8-11)6-9-11;/h10H,2-9H2,1H3;1H/q+1;/p-1. The van der Waals surface area contributed by atoms with Crippen molar-refractivity contribution in [2.45, 2.75) is 32.6 Å². The summed E-state index contributed by atoms with van der Waals surface area (Å²) in [7, 11) is 0. The second-order valence-electron chi connectivity index (χ2n) is 4.41. The molecule has 3 rings (SSSR count). The van der Waals surface area contributed by atoms with Crippen molar-refractivity contribution in [3.05, 3.63) is 0 Å². The molecule has 0 N–H and O–H groups in total. The molecule has 0 radical (unpaired) electrons. The van der Waals surface area contributed by atoms with Crippen LogP contribution in [0.15, 0.2) is 0 Å². The lowest BCUT2D eigenvalue weighted by Gasteiger charge is -2.40. The topological polar surface area (TPSA) is 0 Å². The molecule has 0 amide bonds. The SMILES string of the molecule is CC[N+]12CCCC(CC1)CC2.[Cl-]. The zero-order valence-corrected chi connectivity index (χ0v) is 8.82. The Hall–Kier alpha value is 0.250. The molecule has 3 aliphatic rings. The Kier molecular flexibility index (Phi) is 3.42. The molecular weight excluding hydrogens is 170 g/mol. The Labute approximate surface area is 82.1 Å². The Balaban J connectivity index is 0.000000720. The van der Waals surface area contributed by atoms with E-state index in [1.54, 1.807) is 0 Å². The minimum Gasteiger partial charge on any atom is -1.00 e. The van der Waals surface area contributed by atoms with Crippen molar-refractivity contribution in [2.75, 3.05) is 26.2 Å². The fraction of sp³-hybridized carbons (Fsp3) is 1.00. The molecule has 0 aromatic heterocycles. The first-order valence-electron chi connectivity index (χ1n) is 5.20. The highest BCUT2D eigenvalue weighted by atomic mass is 35.5. The highest BCUT2D eigenvalue weighted by molar-refractivity contribution is 4.69. The van der Waals surface area contributed by atoms with Crippen molar-refractivity contribution >= 4 is 0 Å². The van der Waals surface area contributed by atoms with Gasteiger partial charge in [-0.3, -0.25) is 0 Å². The van der Waals surface area contributed by atoms with E-state index in [0.717, 1.165) is 5.92 Å². The second-order valence-corrected chi connectivity index (χ2v) is 4.41. The molecule has 0 aromatic rings. The smallest absolute Gasteiger partial charge is 0.0789 e. The second kappa shape index (κ2) is 3.97. The molecule has 12 heavy (non-hydrogen) atoms. The summed E-state index contributed by atoms with van der Waals surface area (Å²) in [5.74, 6) is 1.11. The first-order chi connectivity index (χ1) is 5.35.